The van der Waals surface area contributed by atoms with Crippen LogP contribution in [0.1, 0.15) is 0 Å². The van der Waals surface area contributed by atoms with Crippen LogP contribution in [-0.4, -0.2) is 59.3 Å². The molecule has 1 aliphatic heterocycles. The van der Waals surface area contributed by atoms with E-state index >= 15 is 0 Å². The second-order valence-corrected chi connectivity index (χ2v) is 7.00. The topological polar surface area (TPSA) is 103 Å². The first-order valence-electron chi connectivity index (χ1n) is 9.15. The van der Waals surface area contributed by atoms with Gasteiger partial charge in [0.25, 0.3) is 0 Å². The standard InChI is InChI=1S/C21H20N2O6/c1-22-6-8-23(9-7-22)21(27)29-15-4-2-13(3-5-15)16-12-28-18-11-14(24)10-17(25)19(18)20(16)26/h2-5,10-12,24-25H,6-9H2,1H3. The fraction of sp³-hybridized carbons (Fsp3) is 0.238. The number of phenols is 2. The predicted molar refractivity (Wildman–Crippen MR) is 106 cm³/mol. The van der Waals surface area contributed by atoms with E-state index in [2.05, 4.69) is 4.90 Å². The number of amides is 1. The molecule has 150 valence electrons. The second kappa shape index (κ2) is 7.48. The van der Waals surface area contributed by atoms with E-state index in [4.69, 9.17) is 9.15 Å². The largest absolute Gasteiger partial charge is 0.508 e. The number of hydrogen-bond donors (Lipinski definition) is 2. The van der Waals surface area contributed by atoms with Crippen molar-refractivity contribution < 1.29 is 24.2 Å². The van der Waals surface area contributed by atoms with Crippen LogP contribution in [-0.2, 0) is 0 Å². The number of fused-ring (bicyclic) bond motifs is 1. The Kier molecular flexibility index (Phi) is 4.85. The zero-order chi connectivity index (χ0) is 20.5. The molecule has 1 saturated heterocycles. The predicted octanol–water partition coefficient (Wildman–Crippen LogP) is 2.62. The molecular formula is C21H20N2O6. The monoisotopic (exact) mass is 396 g/mol. The van der Waals surface area contributed by atoms with Crippen LogP contribution in [0, 0.1) is 0 Å². The average Bonchev–Trinajstić information content (AvgIpc) is 2.69. The number of aromatic hydroxyl groups is 2. The number of likely N-dealkylation sites (N-methyl/N-ethyl adjacent to an activating group) is 1. The van der Waals surface area contributed by atoms with Gasteiger partial charge in [0.15, 0.2) is 0 Å². The molecule has 0 bridgehead atoms. The summed E-state index contributed by atoms with van der Waals surface area (Å²) in [6.45, 7) is 2.84. The summed E-state index contributed by atoms with van der Waals surface area (Å²) in [6.07, 6.45) is 0.871. The third-order valence-corrected chi connectivity index (χ3v) is 4.97. The minimum Gasteiger partial charge on any atom is -0.508 e. The fourth-order valence-electron chi connectivity index (χ4n) is 3.27. The van der Waals surface area contributed by atoms with Gasteiger partial charge in [-0.05, 0) is 24.7 Å². The van der Waals surface area contributed by atoms with Gasteiger partial charge in [0.2, 0.25) is 5.43 Å². The van der Waals surface area contributed by atoms with Crippen molar-refractivity contribution in [2.45, 2.75) is 0 Å². The molecule has 0 spiro atoms. The lowest BCUT2D eigenvalue weighted by atomic mass is 10.0. The van der Waals surface area contributed by atoms with E-state index in [0.29, 0.717) is 24.4 Å². The molecule has 0 aliphatic carbocycles. The molecule has 4 rings (SSSR count). The molecule has 2 N–H and O–H groups in total. The summed E-state index contributed by atoms with van der Waals surface area (Å²) in [4.78, 5) is 28.8. The van der Waals surface area contributed by atoms with Gasteiger partial charge in [-0.3, -0.25) is 4.79 Å². The molecule has 1 aromatic heterocycles. The Balaban J connectivity index is 1.56. The number of hydrogen-bond acceptors (Lipinski definition) is 7. The Morgan fingerprint density at radius 1 is 1.07 bits per heavy atom. The zero-order valence-corrected chi connectivity index (χ0v) is 15.8. The highest BCUT2D eigenvalue weighted by molar-refractivity contribution is 5.88. The zero-order valence-electron chi connectivity index (χ0n) is 15.8. The quantitative estimate of drug-likeness (QED) is 0.686. The number of ether oxygens (including phenoxy) is 1. The van der Waals surface area contributed by atoms with Gasteiger partial charge in [0, 0.05) is 38.3 Å². The van der Waals surface area contributed by atoms with Crippen molar-refractivity contribution in [1.29, 1.82) is 0 Å². The number of rotatable bonds is 2. The van der Waals surface area contributed by atoms with Gasteiger partial charge in [-0.2, -0.15) is 0 Å². The van der Waals surface area contributed by atoms with Crippen molar-refractivity contribution in [2.24, 2.45) is 0 Å². The van der Waals surface area contributed by atoms with E-state index in [0.717, 1.165) is 19.2 Å². The molecular weight excluding hydrogens is 376 g/mol. The lowest BCUT2D eigenvalue weighted by Gasteiger charge is -2.31. The maximum atomic E-state index is 12.8. The molecule has 3 aromatic rings. The fourth-order valence-corrected chi connectivity index (χ4v) is 3.27. The van der Waals surface area contributed by atoms with Crippen LogP contribution in [0.4, 0.5) is 4.79 Å². The van der Waals surface area contributed by atoms with Crippen molar-refractivity contribution in [2.75, 3.05) is 33.2 Å². The highest BCUT2D eigenvalue weighted by Gasteiger charge is 2.21. The first-order valence-corrected chi connectivity index (χ1v) is 9.15. The van der Waals surface area contributed by atoms with Gasteiger partial charge in [-0.1, -0.05) is 12.1 Å². The van der Waals surface area contributed by atoms with E-state index in [1.807, 2.05) is 7.05 Å². The van der Waals surface area contributed by atoms with Crippen molar-refractivity contribution in [3.05, 3.63) is 52.9 Å². The van der Waals surface area contributed by atoms with Gasteiger partial charge in [-0.25, -0.2) is 4.79 Å². The second-order valence-electron chi connectivity index (χ2n) is 7.00. The molecule has 8 nitrogen and oxygen atoms in total. The molecule has 0 unspecified atom stereocenters. The van der Waals surface area contributed by atoms with E-state index in [1.54, 1.807) is 29.2 Å². The van der Waals surface area contributed by atoms with Crippen LogP contribution >= 0.6 is 0 Å². The van der Waals surface area contributed by atoms with Gasteiger partial charge >= 0.3 is 6.09 Å². The van der Waals surface area contributed by atoms with Crippen LogP contribution < -0.4 is 10.2 Å². The van der Waals surface area contributed by atoms with E-state index < -0.39 is 11.5 Å². The Morgan fingerprint density at radius 2 is 1.76 bits per heavy atom. The van der Waals surface area contributed by atoms with Crippen LogP contribution in [0.2, 0.25) is 0 Å². The number of carbonyl (C=O) groups excluding carboxylic acids is 1. The molecule has 8 heteroatoms. The number of piperazine rings is 1. The van der Waals surface area contributed by atoms with E-state index in [9.17, 15) is 19.8 Å². The minimum atomic E-state index is -0.425. The molecule has 0 saturated carbocycles. The van der Waals surface area contributed by atoms with Crippen molar-refractivity contribution in [1.82, 2.24) is 9.80 Å². The lowest BCUT2D eigenvalue weighted by molar-refractivity contribution is 0.120. The average molecular weight is 396 g/mol. The minimum absolute atomic E-state index is 0.00845. The third kappa shape index (κ3) is 3.74. The van der Waals surface area contributed by atoms with E-state index in [-0.39, 0.29) is 28.0 Å². The summed E-state index contributed by atoms with van der Waals surface area (Å²) in [6, 6.07) is 8.84. The number of carbonyl (C=O) groups is 1. The van der Waals surface area contributed by atoms with Gasteiger partial charge in [0.05, 0.1) is 5.56 Å². The van der Waals surface area contributed by atoms with Crippen molar-refractivity contribution >= 4 is 17.1 Å². The first-order chi connectivity index (χ1) is 13.9. The number of benzene rings is 2. The lowest BCUT2D eigenvalue weighted by Crippen LogP contribution is -2.48. The van der Waals surface area contributed by atoms with Crippen LogP contribution in [0.15, 0.2) is 51.9 Å². The van der Waals surface area contributed by atoms with E-state index in [1.165, 1.54) is 12.3 Å². The molecule has 1 fully saturated rings. The summed E-state index contributed by atoms with van der Waals surface area (Å²) in [5.41, 5.74) is 0.461. The molecule has 0 radical (unpaired) electrons. The summed E-state index contributed by atoms with van der Waals surface area (Å²) in [5.74, 6) is -0.179. The molecule has 0 atom stereocenters. The maximum Gasteiger partial charge on any atom is 0.415 e. The van der Waals surface area contributed by atoms with Crippen LogP contribution in [0.5, 0.6) is 17.2 Å². The third-order valence-electron chi connectivity index (χ3n) is 4.97. The smallest absolute Gasteiger partial charge is 0.415 e. The Bertz CT molecular complexity index is 1110. The number of phenolic OH excluding ortho intramolecular Hbond substituents is 2. The summed E-state index contributed by atoms with van der Waals surface area (Å²) in [5, 5.41) is 19.5. The van der Waals surface area contributed by atoms with Crippen LogP contribution in [0.25, 0.3) is 22.1 Å². The maximum absolute atomic E-state index is 12.8. The van der Waals surface area contributed by atoms with Gasteiger partial charge in [-0.15, -0.1) is 0 Å². The van der Waals surface area contributed by atoms with Crippen molar-refractivity contribution in [3.8, 4) is 28.4 Å². The Labute approximate surface area is 166 Å². The SMILES string of the molecule is CN1CCN(C(=O)Oc2ccc(-c3coc4cc(O)cc(O)c4c3=O)cc2)CC1. The first kappa shape index (κ1) is 18.8. The summed E-state index contributed by atoms with van der Waals surface area (Å²) >= 11 is 0. The molecule has 1 amide bonds. The summed E-state index contributed by atoms with van der Waals surface area (Å²) < 4.78 is 10.8. The molecule has 1 aliphatic rings. The molecule has 2 aromatic carbocycles. The van der Waals surface area contributed by atoms with Crippen LogP contribution in [0.3, 0.4) is 0 Å². The Hall–Kier alpha value is -3.52. The summed E-state index contributed by atoms with van der Waals surface area (Å²) in [7, 11) is 2.01. The Morgan fingerprint density at radius 3 is 2.45 bits per heavy atom. The molecule has 2 heterocycles. The number of nitrogens with zero attached hydrogens (tertiary/aromatic N) is 2. The van der Waals surface area contributed by atoms with Crippen molar-refractivity contribution in [3.63, 3.8) is 0 Å². The highest BCUT2D eigenvalue weighted by atomic mass is 16.6. The highest BCUT2D eigenvalue weighted by Crippen LogP contribution is 2.30. The van der Waals surface area contributed by atoms with Gasteiger partial charge < -0.3 is 29.2 Å². The molecule has 29 heavy (non-hydrogen) atoms. The normalized spacial score (nSPS) is 14.9. The van der Waals surface area contributed by atoms with Gasteiger partial charge in [0.1, 0.15) is 34.5 Å².